The van der Waals surface area contributed by atoms with E-state index < -0.39 is 0 Å². The predicted octanol–water partition coefficient (Wildman–Crippen LogP) is 6.75. The van der Waals surface area contributed by atoms with Gasteiger partial charge in [0.2, 0.25) is 0 Å². The van der Waals surface area contributed by atoms with Gasteiger partial charge in [-0.25, -0.2) is 0 Å². The van der Waals surface area contributed by atoms with Crippen molar-refractivity contribution in [3.05, 3.63) is 21.6 Å². The van der Waals surface area contributed by atoms with Crippen molar-refractivity contribution < 1.29 is 5.11 Å². The Labute approximate surface area is 145 Å². The molecule has 2 nitrogen and oxygen atoms in total. The van der Waals surface area contributed by atoms with Gasteiger partial charge in [-0.05, 0) is 18.9 Å². The number of allylic oxidation sites excluding steroid dienone is 2. The summed E-state index contributed by atoms with van der Waals surface area (Å²) in [5.41, 5.74) is 6.07. The Morgan fingerprint density at radius 3 is 1.71 bits per heavy atom. The maximum atomic E-state index is 9.11. The molecule has 0 saturated carbocycles. The molecule has 0 bridgehead atoms. The van der Waals surface area contributed by atoms with E-state index in [9.17, 15) is 0 Å². The first-order valence-corrected chi connectivity index (χ1v) is 9.77. The summed E-state index contributed by atoms with van der Waals surface area (Å²) in [5, 5.41) is 9.11. The molecule has 0 spiro atoms. The van der Waals surface area contributed by atoms with Crippen molar-refractivity contribution in [1.82, 2.24) is 0 Å². The van der Waals surface area contributed by atoms with E-state index in [1.165, 1.54) is 77.0 Å². The molecule has 0 radical (unpaired) electrons. The molecule has 0 aromatic rings. The van der Waals surface area contributed by atoms with E-state index in [2.05, 4.69) is 13.0 Å². The molecule has 0 aliphatic heterocycles. The smallest absolute Gasteiger partial charge is 0.176 e. The Morgan fingerprint density at radius 2 is 1.29 bits per heavy atom. The fourth-order valence-electron chi connectivity index (χ4n) is 2.38. The highest BCUT2D eigenvalue weighted by atomic mass is 127. The van der Waals surface area contributed by atoms with Gasteiger partial charge in [-0.15, -0.1) is 0 Å². The normalized spacial score (nSPS) is 12.9. The molecule has 0 rings (SSSR count). The van der Waals surface area contributed by atoms with Crippen LogP contribution in [-0.4, -0.2) is 5.11 Å². The highest BCUT2D eigenvalue weighted by molar-refractivity contribution is 14.1. The van der Waals surface area contributed by atoms with E-state index in [0.717, 1.165) is 6.42 Å². The second kappa shape index (κ2) is 16.2. The van der Waals surface area contributed by atoms with Crippen LogP contribution in [0.25, 0.3) is 0 Å². The number of unbranched alkanes of at least 4 members (excludes halogenated alkanes) is 12. The first-order valence-electron chi connectivity index (χ1n) is 8.69. The molecule has 0 amide bonds. The monoisotopic (exact) mass is 407 g/mol. The SMILES string of the molecule is CCCCCCCCCCCCCCC=CC(N)=C(O)I. The van der Waals surface area contributed by atoms with Crippen molar-refractivity contribution in [2.24, 2.45) is 5.73 Å². The minimum Gasteiger partial charge on any atom is -0.501 e. The fraction of sp³-hybridized carbons (Fsp3) is 0.778. The van der Waals surface area contributed by atoms with Crippen LogP contribution < -0.4 is 5.73 Å². The molecule has 0 aromatic carbocycles. The first-order chi connectivity index (χ1) is 10.2. The summed E-state index contributed by atoms with van der Waals surface area (Å²) in [6, 6.07) is 0. The molecule has 0 fully saturated rings. The zero-order valence-electron chi connectivity index (χ0n) is 13.7. The van der Waals surface area contributed by atoms with Crippen LogP contribution in [0.3, 0.4) is 0 Å². The summed E-state index contributed by atoms with van der Waals surface area (Å²) in [7, 11) is 0. The Morgan fingerprint density at radius 1 is 0.857 bits per heavy atom. The van der Waals surface area contributed by atoms with Crippen LogP contribution in [0.1, 0.15) is 90.4 Å². The Kier molecular flexibility index (Phi) is 16.0. The average Bonchev–Trinajstić information content (AvgIpc) is 2.47. The maximum absolute atomic E-state index is 9.11. The number of hydrogen-bond donors (Lipinski definition) is 2. The molecular formula is C18H34INO. The highest BCUT2D eigenvalue weighted by Gasteiger charge is 1.93. The van der Waals surface area contributed by atoms with E-state index in [0.29, 0.717) is 5.70 Å². The van der Waals surface area contributed by atoms with E-state index in [1.54, 1.807) is 6.08 Å². The second-order valence-corrected chi connectivity index (χ2v) is 6.85. The van der Waals surface area contributed by atoms with Gasteiger partial charge in [0.05, 0.1) is 5.70 Å². The number of nitrogens with two attached hydrogens (primary N) is 1. The topological polar surface area (TPSA) is 46.2 Å². The van der Waals surface area contributed by atoms with Gasteiger partial charge in [0.1, 0.15) is 0 Å². The lowest BCUT2D eigenvalue weighted by Crippen LogP contribution is -1.94. The van der Waals surface area contributed by atoms with Crippen molar-refractivity contribution in [1.29, 1.82) is 0 Å². The predicted molar refractivity (Wildman–Crippen MR) is 103 cm³/mol. The lowest BCUT2D eigenvalue weighted by atomic mass is 10.0. The molecule has 21 heavy (non-hydrogen) atoms. The van der Waals surface area contributed by atoms with Crippen LogP contribution in [0.4, 0.5) is 0 Å². The minimum atomic E-state index is 0.179. The molecule has 0 aliphatic rings. The maximum Gasteiger partial charge on any atom is 0.176 e. The van der Waals surface area contributed by atoms with Gasteiger partial charge in [0.15, 0.2) is 3.77 Å². The zero-order valence-corrected chi connectivity index (χ0v) is 15.9. The van der Waals surface area contributed by atoms with Crippen LogP contribution >= 0.6 is 22.6 Å². The number of hydrogen-bond acceptors (Lipinski definition) is 2. The van der Waals surface area contributed by atoms with Gasteiger partial charge in [-0.3, -0.25) is 0 Å². The van der Waals surface area contributed by atoms with Gasteiger partial charge in [-0.1, -0.05) is 83.6 Å². The number of aliphatic hydroxyl groups excluding tert-OH is 1. The Balaban J connectivity index is 3.18. The van der Waals surface area contributed by atoms with Crippen molar-refractivity contribution in [3.63, 3.8) is 0 Å². The van der Waals surface area contributed by atoms with Gasteiger partial charge in [0, 0.05) is 22.6 Å². The summed E-state index contributed by atoms with van der Waals surface area (Å²) in [4.78, 5) is 0. The van der Waals surface area contributed by atoms with Crippen molar-refractivity contribution >= 4 is 22.6 Å². The van der Waals surface area contributed by atoms with Gasteiger partial charge >= 0.3 is 0 Å². The Bertz CT molecular complexity index is 283. The van der Waals surface area contributed by atoms with Crippen LogP contribution in [0.2, 0.25) is 0 Å². The molecule has 0 atom stereocenters. The lowest BCUT2D eigenvalue weighted by Gasteiger charge is -2.02. The summed E-state index contributed by atoms with van der Waals surface area (Å²) in [6.45, 7) is 2.27. The largest absolute Gasteiger partial charge is 0.501 e. The molecule has 3 heteroatoms. The standard InChI is InChI=1S/C18H34INO/c1-2-3-4-5-6-7-8-9-10-11-12-13-14-15-16-17(20)18(19)21/h15-16,21H,2-14,20H2,1H3. The van der Waals surface area contributed by atoms with Crippen molar-refractivity contribution in [3.8, 4) is 0 Å². The molecule has 0 unspecified atom stereocenters. The second-order valence-electron chi connectivity index (χ2n) is 5.83. The third-order valence-electron chi connectivity index (χ3n) is 3.76. The first kappa shape index (κ1) is 20.8. The third-order valence-corrected chi connectivity index (χ3v) is 4.38. The van der Waals surface area contributed by atoms with Crippen molar-refractivity contribution in [2.45, 2.75) is 90.4 Å². The van der Waals surface area contributed by atoms with Crippen LogP contribution in [0, 0.1) is 0 Å². The molecule has 0 aromatic heterocycles. The highest BCUT2D eigenvalue weighted by Crippen LogP contribution is 2.13. The zero-order chi connectivity index (χ0) is 15.8. The summed E-state index contributed by atoms with van der Waals surface area (Å²) >= 11 is 1.83. The molecule has 0 saturated heterocycles. The molecule has 3 N–H and O–H groups in total. The van der Waals surface area contributed by atoms with E-state index in [4.69, 9.17) is 10.8 Å². The van der Waals surface area contributed by atoms with Crippen LogP contribution in [0.5, 0.6) is 0 Å². The number of aliphatic hydroxyl groups is 1. The number of rotatable bonds is 14. The average molecular weight is 407 g/mol. The molecular weight excluding hydrogens is 373 g/mol. The molecule has 0 aliphatic carbocycles. The molecule has 0 heterocycles. The summed E-state index contributed by atoms with van der Waals surface area (Å²) in [5.74, 6) is 0. The van der Waals surface area contributed by atoms with E-state index >= 15 is 0 Å². The fourth-order valence-corrected chi connectivity index (χ4v) is 2.56. The van der Waals surface area contributed by atoms with Crippen molar-refractivity contribution in [2.75, 3.05) is 0 Å². The summed E-state index contributed by atoms with van der Waals surface area (Å²) < 4.78 is 0.179. The third kappa shape index (κ3) is 16.0. The quantitative estimate of drug-likeness (QED) is 0.145. The van der Waals surface area contributed by atoms with Gasteiger partial charge in [-0.2, -0.15) is 0 Å². The van der Waals surface area contributed by atoms with E-state index in [1.807, 2.05) is 22.6 Å². The van der Waals surface area contributed by atoms with Crippen LogP contribution in [0.15, 0.2) is 21.6 Å². The minimum absolute atomic E-state index is 0.179. The van der Waals surface area contributed by atoms with E-state index in [-0.39, 0.29) is 3.77 Å². The van der Waals surface area contributed by atoms with Gasteiger partial charge in [0.25, 0.3) is 0 Å². The lowest BCUT2D eigenvalue weighted by molar-refractivity contribution is 0.460. The van der Waals surface area contributed by atoms with Crippen LogP contribution in [-0.2, 0) is 0 Å². The summed E-state index contributed by atoms with van der Waals surface area (Å²) in [6.07, 6.45) is 21.5. The number of halogens is 1. The molecule has 124 valence electrons. The van der Waals surface area contributed by atoms with Gasteiger partial charge < -0.3 is 10.8 Å². The Hall–Kier alpha value is -0.190.